The molecule has 1 aliphatic heterocycles. The van der Waals surface area contributed by atoms with Crippen LogP contribution >= 0.6 is 0 Å². The number of carboxylic acid groups (broad SMARTS) is 1. The van der Waals surface area contributed by atoms with Crippen LogP contribution in [0.2, 0.25) is 0 Å². The number of carbonyl (C=O) groups excluding carboxylic acids is 1. The Morgan fingerprint density at radius 1 is 1.38 bits per heavy atom. The second-order valence-electron chi connectivity index (χ2n) is 5.48. The molecule has 0 saturated carbocycles. The number of hydrogen-bond donors (Lipinski definition) is 2. The minimum Gasteiger partial charge on any atom is -0.480 e. The van der Waals surface area contributed by atoms with Crippen molar-refractivity contribution in [2.24, 2.45) is 5.41 Å². The van der Waals surface area contributed by atoms with E-state index in [2.05, 4.69) is 5.32 Å². The summed E-state index contributed by atoms with van der Waals surface area (Å²) >= 11 is 0. The van der Waals surface area contributed by atoms with Gasteiger partial charge in [0, 0.05) is 6.54 Å². The van der Waals surface area contributed by atoms with Crippen molar-refractivity contribution in [2.45, 2.75) is 38.8 Å². The lowest BCUT2D eigenvalue weighted by atomic mass is 9.75. The Balaban J connectivity index is 2.96. The van der Waals surface area contributed by atoms with E-state index in [1.807, 2.05) is 6.92 Å². The van der Waals surface area contributed by atoms with Crippen molar-refractivity contribution < 1.29 is 27.9 Å². The quantitative estimate of drug-likeness (QED) is 0.782. The molecule has 1 rings (SSSR count). The maximum absolute atomic E-state index is 12.6. The van der Waals surface area contributed by atoms with Crippen molar-refractivity contribution in [1.82, 2.24) is 10.2 Å². The van der Waals surface area contributed by atoms with Gasteiger partial charge in [0.15, 0.2) is 0 Å². The molecule has 2 N–H and O–H groups in total. The van der Waals surface area contributed by atoms with Crippen LogP contribution in [-0.4, -0.2) is 54.2 Å². The lowest BCUT2D eigenvalue weighted by molar-refractivity contribution is -0.172. The molecule has 0 spiro atoms. The van der Waals surface area contributed by atoms with Crippen LogP contribution in [0, 0.1) is 5.41 Å². The summed E-state index contributed by atoms with van der Waals surface area (Å²) in [4.78, 5) is 23.7. The van der Waals surface area contributed by atoms with Crippen LogP contribution in [-0.2, 0) is 9.59 Å². The van der Waals surface area contributed by atoms with Gasteiger partial charge in [0.05, 0.1) is 5.41 Å². The van der Waals surface area contributed by atoms with Gasteiger partial charge in [0.25, 0.3) is 0 Å². The molecule has 0 bridgehead atoms. The van der Waals surface area contributed by atoms with Crippen molar-refractivity contribution in [3.63, 3.8) is 0 Å². The molecular formula is C13H21F3N2O3. The zero-order valence-electron chi connectivity index (χ0n) is 12.0. The summed E-state index contributed by atoms with van der Waals surface area (Å²) in [5.41, 5.74) is -0.923. The first-order valence-electron chi connectivity index (χ1n) is 6.99. The molecule has 0 aliphatic carbocycles. The Morgan fingerprint density at radius 3 is 2.48 bits per heavy atom. The highest BCUT2D eigenvalue weighted by molar-refractivity contribution is 5.86. The second-order valence-corrected chi connectivity index (χ2v) is 5.48. The zero-order chi connectivity index (χ0) is 16.1. The number of rotatable bonds is 6. The van der Waals surface area contributed by atoms with E-state index in [9.17, 15) is 22.8 Å². The Bertz CT molecular complexity index is 374. The third-order valence-electron chi connectivity index (χ3n) is 3.64. The van der Waals surface area contributed by atoms with Gasteiger partial charge in [-0.15, -0.1) is 0 Å². The highest BCUT2D eigenvalue weighted by atomic mass is 19.4. The van der Waals surface area contributed by atoms with Crippen LogP contribution < -0.4 is 5.32 Å². The number of alkyl halides is 3. The molecule has 1 amide bonds. The van der Waals surface area contributed by atoms with Crippen LogP contribution in [0.15, 0.2) is 0 Å². The standard InChI is InChI=1S/C13H21F3N2O3/c1-2-4-12(5-3-6-17-8-12)11(21)18(7-10(19)20)9-13(14,15)16/h17H,2-9H2,1H3,(H,19,20). The van der Waals surface area contributed by atoms with Gasteiger partial charge in [0.1, 0.15) is 13.1 Å². The Labute approximate surface area is 121 Å². The first-order valence-corrected chi connectivity index (χ1v) is 6.99. The molecule has 8 heteroatoms. The monoisotopic (exact) mass is 310 g/mol. The number of piperidine rings is 1. The van der Waals surface area contributed by atoms with E-state index in [4.69, 9.17) is 5.11 Å². The summed E-state index contributed by atoms with van der Waals surface area (Å²) in [5, 5.41) is 11.8. The van der Waals surface area contributed by atoms with E-state index in [0.717, 1.165) is 6.54 Å². The van der Waals surface area contributed by atoms with Crippen LogP contribution in [0.25, 0.3) is 0 Å². The number of hydrogen-bond acceptors (Lipinski definition) is 3. The SMILES string of the molecule is CCCC1(C(=O)N(CC(=O)O)CC(F)(F)F)CCCNC1. The van der Waals surface area contributed by atoms with Crippen molar-refractivity contribution in [2.75, 3.05) is 26.2 Å². The Hall–Kier alpha value is -1.31. The van der Waals surface area contributed by atoms with E-state index in [0.29, 0.717) is 37.1 Å². The molecule has 5 nitrogen and oxygen atoms in total. The number of nitrogens with one attached hydrogen (secondary N) is 1. The molecule has 122 valence electrons. The van der Waals surface area contributed by atoms with Gasteiger partial charge >= 0.3 is 12.1 Å². The van der Waals surface area contributed by atoms with Crippen LogP contribution in [0.5, 0.6) is 0 Å². The van der Waals surface area contributed by atoms with E-state index in [1.54, 1.807) is 0 Å². The molecule has 1 aliphatic rings. The zero-order valence-corrected chi connectivity index (χ0v) is 12.0. The molecule has 1 fully saturated rings. The predicted molar refractivity (Wildman–Crippen MR) is 69.7 cm³/mol. The average molecular weight is 310 g/mol. The Kier molecular flexibility index (Phi) is 6.00. The summed E-state index contributed by atoms with van der Waals surface area (Å²) in [6.07, 6.45) is -2.33. The average Bonchev–Trinajstić information content (AvgIpc) is 2.36. The molecule has 21 heavy (non-hydrogen) atoms. The number of carboxylic acids is 1. The van der Waals surface area contributed by atoms with Crippen LogP contribution in [0.3, 0.4) is 0 Å². The first kappa shape index (κ1) is 17.7. The topological polar surface area (TPSA) is 69.6 Å². The number of amides is 1. The van der Waals surface area contributed by atoms with E-state index in [-0.39, 0.29) is 0 Å². The molecule has 1 saturated heterocycles. The fraction of sp³-hybridized carbons (Fsp3) is 0.846. The molecule has 1 atom stereocenters. The number of aliphatic carboxylic acids is 1. The van der Waals surface area contributed by atoms with E-state index in [1.165, 1.54) is 0 Å². The fourth-order valence-electron chi connectivity index (χ4n) is 2.86. The van der Waals surface area contributed by atoms with E-state index < -0.39 is 36.6 Å². The van der Waals surface area contributed by atoms with Gasteiger partial charge in [0.2, 0.25) is 5.91 Å². The highest BCUT2D eigenvalue weighted by Gasteiger charge is 2.44. The van der Waals surface area contributed by atoms with Gasteiger partial charge in [-0.2, -0.15) is 13.2 Å². The lowest BCUT2D eigenvalue weighted by Gasteiger charge is -2.39. The lowest BCUT2D eigenvalue weighted by Crippen LogP contribution is -2.54. The third kappa shape index (κ3) is 5.18. The van der Waals surface area contributed by atoms with Crippen LogP contribution in [0.4, 0.5) is 13.2 Å². The largest absolute Gasteiger partial charge is 0.480 e. The smallest absolute Gasteiger partial charge is 0.406 e. The summed E-state index contributed by atoms with van der Waals surface area (Å²) in [6, 6.07) is 0. The minimum absolute atomic E-state index is 0.299. The van der Waals surface area contributed by atoms with Gasteiger partial charge in [-0.1, -0.05) is 13.3 Å². The first-order chi connectivity index (χ1) is 9.70. The highest BCUT2D eigenvalue weighted by Crippen LogP contribution is 2.34. The fourth-order valence-corrected chi connectivity index (χ4v) is 2.86. The van der Waals surface area contributed by atoms with Crippen molar-refractivity contribution in [1.29, 1.82) is 0 Å². The number of carbonyl (C=O) groups is 2. The predicted octanol–water partition coefficient (Wildman–Crippen LogP) is 1.63. The molecule has 0 aromatic carbocycles. The maximum atomic E-state index is 12.6. The van der Waals surface area contributed by atoms with Gasteiger partial charge < -0.3 is 15.3 Å². The van der Waals surface area contributed by atoms with Crippen LogP contribution in [0.1, 0.15) is 32.6 Å². The molecule has 0 radical (unpaired) electrons. The molecule has 0 aromatic rings. The number of nitrogens with zero attached hydrogens (tertiary/aromatic N) is 1. The Morgan fingerprint density at radius 2 is 2.05 bits per heavy atom. The third-order valence-corrected chi connectivity index (χ3v) is 3.64. The van der Waals surface area contributed by atoms with Gasteiger partial charge in [-0.05, 0) is 25.8 Å². The van der Waals surface area contributed by atoms with Crippen molar-refractivity contribution in [3.05, 3.63) is 0 Å². The summed E-state index contributed by atoms with van der Waals surface area (Å²) in [5.74, 6) is -2.15. The molecule has 1 heterocycles. The minimum atomic E-state index is -4.61. The molecular weight excluding hydrogens is 289 g/mol. The molecule has 0 aromatic heterocycles. The normalized spacial score (nSPS) is 22.9. The summed E-state index contributed by atoms with van der Waals surface area (Å²) in [7, 11) is 0. The van der Waals surface area contributed by atoms with Crippen molar-refractivity contribution >= 4 is 11.9 Å². The van der Waals surface area contributed by atoms with Crippen molar-refractivity contribution in [3.8, 4) is 0 Å². The maximum Gasteiger partial charge on any atom is 0.406 e. The summed E-state index contributed by atoms with van der Waals surface area (Å²) in [6.45, 7) is 0.424. The van der Waals surface area contributed by atoms with Gasteiger partial charge in [-0.3, -0.25) is 9.59 Å². The second kappa shape index (κ2) is 7.11. The van der Waals surface area contributed by atoms with E-state index >= 15 is 0 Å². The van der Waals surface area contributed by atoms with Gasteiger partial charge in [-0.25, -0.2) is 0 Å². The summed E-state index contributed by atoms with van der Waals surface area (Å²) < 4.78 is 37.8. The number of halogens is 3. The molecule has 1 unspecified atom stereocenters.